The van der Waals surface area contributed by atoms with Gasteiger partial charge in [0.25, 0.3) is 0 Å². The van der Waals surface area contributed by atoms with Crippen LogP contribution in [-0.2, 0) is 4.79 Å². The van der Waals surface area contributed by atoms with Crippen LogP contribution in [0.1, 0.15) is 0 Å². The van der Waals surface area contributed by atoms with Crippen LogP contribution in [0.25, 0.3) is 0 Å². The standard InChI is InChI=1S/C8H8BrNO2/c9-6-3-1-2-4-7(6)10-8(12)5-11/h1-4,11H,5H2,(H,10,12). The van der Waals surface area contributed by atoms with E-state index in [9.17, 15) is 4.79 Å². The number of aliphatic hydroxyl groups excluding tert-OH is 1. The van der Waals surface area contributed by atoms with Gasteiger partial charge >= 0.3 is 0 Å². The molecule has 0 aliphatic rings. The number of para-hydroxylation sites is 1. The molecule has 4 heteroatoms. The number of halogens is 1. The molecule has 64 valence electrons. The molecule has 0 aliphatic carbocycles. The topological polar surface area (TPSA) is 49.3 Å². The number of carbonyl (C=O) groups is 1. The molecule has 0 saturated heterocycles. The first-order valence-electron chi connectivity index (χ1n) is 3.39. The van der Waals surface area contributed by atoms with E-state index >= 15 is 0 Å². The fraction of sp³-hybridized carbons (Fsp3) is 0.125. The van der Waals surface area contributed by atoms with E-state index in [0.717, 1.165) is 4.47 Å². The predicted octanol–water partition coefficient (Wildman–Crippen LogP) is 1.38. The van der Waals surface area contributed by atoms with E-state index in [1.165, 1.54) is 0 Å². The first-order valence-corrected chi connectivity index (χ1v) is 4.18. The van der Waals surface area contributed by atoms with Crippen LogP contribution < -0.4 is 5.32 Å². The molecule has 0 bridgehead atoms. The lowest BCUT2D eigenvalue weighted by Gasteiger charge is -2.04. The first kappa shape index (κ1) is 9.22. The summed E-state index contributed by atoms with van der Waals surface area (Å²) in [5.74, 6) is -0.415. The van der Waals surface area contributed by atoms with Crippen LogP contribution in [0.4, 0.5) is 5.69 Å². The van der Waals surface area contributed by atoms with Gasteiger partial charge in [-0.05, 0) is 28.1 Å². The van der Waals surface area contributed by atoms with Gasteiger partial charge in [0, 0.05) is 4.47 Å². The summed E-state index contributed by atoms with van der Waals surface area (Å²) in [6.07, 6.45) is 0. The molecule has 1 rings (SSSR count). The van der Waals surface area contributed by atoms with E-state index in [4.69, 9.17) is 5.11 Å². The van der Waals surface area contributed by atoms with Gasteiger partial charge in [-0.2, -0.15) is 0 Å². The molecule has 0 atom stereocenters. The number of hydrogen-bond donors (Lipinski definition) is 2. The normalized spacial score (nSPS) is 9.50. The zero-order valence-electron chi connectivity index (χ0n) is 6.25. The van der Waals surface area contributed by atoms with Crippen LogP contribution in [-0.4, -0.2) is 17.6 Å². The van der Waals surface area contributed by atoms with Crippen LogP contribution in [0, 0.1) is 0 Å². The number of aliphatic hydroxyl groups is 1. The molecule has 0 fully saturated rings. The minimum absolute atomic E-state index is 0.415. The second kappa shape index (κ2) is 4.23. The molecule has 2 N–H and O–H groups in total. The summed E-state index contributed by atoms with van der Waals surface area (Å²) in [7, 11) is 0. The van der Waals surface area contributed by atoms with Crippen molar-refractivity contribution in [2.45, 2.75) is 0 Å². The highest BCUT2D eigenvalue weighted by atomic mass is 79.9. The Morgan fingerprint density at radius 1 is 1.50 bits per heavy atom. The van der Waals surface area contributed by atoms with E-state index in [0.29, 0.717) is 5.69 Å². The van der Waals surface area contributed by atoms with Crippen molar-refractivity contribution in [1.29, 1.82) is 0 Å². The monoisotopic (exact) mass is 229 g/mol. The van der Waals surface area contributed by atoms with E-state index in [1.54, 1.807) is 12.1 Å². The molecule has 3 nitrogen and oxygen atoms in total. The number of carbonyl (C=O) groups excluding carboxylic acids is 1. The second-order valence-electron chi connectivity index (χ2n) is 2.19. The molecule has 1 amide bonds. The summed E-state index contributed by atoms with van der Waals surface area (Å²) < 4.78 is 0.798. The van der Waals surface area contributed by atoms with E-state index in [-0.39, 0.29) is 0 Å². The van der Waals surface area contributed by atoms with Crippen molar-refractivity contribution < 1.29 is 9.90 Å². The third-order valence-electron chi connectivity index (χ3n) is 1.29. The number of nitrogens with one attached hydrogen (secondary N) is 1. The number of amides is 1. The van der Waals surface area contributed by atoms with Crippen molar-refractivity contribution in [2.75, 3.05) is 11.9 Å². The maximum absolute atomic E-state index is 10.8. The lowest BCUT2D eigenvalue weighted by Crippen LogP contribution is -2.15. The number of hydrogen-bond acceptors (Lipinski definition) is 2. The third-order valence-corrected chi connectivity index (χ3v) is 1.98. The number of benzene rings is 1. The molecule has 0 saturated carbocycles. The highest BCUT2D eigenvalue weighted by molar-refractivity contribution is 9.10. The second-order valence-corrected chi connectivity index (χ2v) is 3.04. The highest BCUT2D eigenvalue weighted by Crippen LogP contribution is 2.20. The fourth-order valence-electron chi connectivity index (χ4n) is 0.752. The van der Waals surface area contributed by atoms with Crippen molar-refractivity contribution in [3.05, 3.63) is 28.7 Å². The first-order chi connectivity index (χ1) is 5.74. The van der Waals surface area contributed by atoms with Crippen LogP contribution >= 0.6 is 15.9 Å². The van der Waals surface area contributed by atoms with E-state index < -0.39 is 12.5 Å². The Morgan fingerprint density at radius 3 is 2.75 bits per heavy atom. The van der Waals surface area contributed by atoms with Gasteiger partial charge in [0.1, 0.15) is 6.61 Å². The van der Waals surface area contributed by atoms with Gasteiger partial charge in [-0.15, -0.1) is 0 Å². The summed E-state index contributed by atoms with van der Waals surface area (Å²) in [5.41, 5.74) is 0.663. The fourth-order valence-corrected chi connectivity index (χ4v) is 1.14. The molecule has 0 radical (unpaired) electrons. The van der Waals surface area contributed by atoms with Gasteiger partial charge in [0.05, 0.1) is 5.69 Å². The van der Waals surface area contributed by atoms with Crippen molar-refractivity contribution in [1.82, 2.24) is 0 Å². The molecule has 0 spiro atoms. The smallest absolute Gasteiger partial charge is 0.250 e. The average Bonchev–Trinajstić information content (AvgIpc) is 2.09. The van der Waals surface area contributed by atoms with Crippen LogP contribution in [0.2, 0.25) is 0 Å². The largest absolute Gasteiger partial charge is 0.387 e. The summed E-state index contributed by atoms with van der Waals surface area (Å²) in [6.45, 7) is -0.499. The number of anilines is 1. The van der Waals surface area contributed by atoms with Crippen molar-refractivity contribution >= 4 is 27.5 Å². The molecule has 0 aromatic heterocycles. The van der Waals surface area contributed by atoms with Crippen LogP contribution in [0.5, 0.6) is 0 Å². The molecule has 0 heterocycles. The van der Waals surface area contributed by atoms with Gasteiger partial charge in [-0.1, -0.05) is 12.1 Å². The zero-order valence-corrected chi connectivity index (χ0v) is 7.84. The Bertz CT molecular complexity index is 288. The van der Waals surface area contributed by atoms with E-state index in [1.807, 2.05) is 12.1 Å². The molecule has 0 unspecified atom stereocenters. The molecule has 1 aromatic carbocycles. The average molecular weight is 230 g/mol. The van der Waals surface area contributed by atoms with Crippen LogP contribution in [0.15, 0.2) is 28.7 Å². The zero-order chi connectivity index (χ0) is 8.97. The maximum Gasteiger partial charge on any atom is 0.250 e. The van der Waals surface area contributed by atoms with Crippen molar-refractivity contribution in [3.63, 3.8) is 0 Å². The molecule has 12 heavy (non-hydrogen) atoms. The minimum Gasteiger partial charge on any atom is -0.387 e. The highest BCUT2D eigenvalue weighted by Gasteiger charge is 2.01. The Balaban J connectivity index is 2.75. The summed E-state index contributed by atoms with van der Waals surface area (Å²) in [5, 5.41) is 11.0. The van der Waals surface area contributed by atoms with E-state index in [2.05, 4.69) is 21.2 Å². The predicted molar refractivity (Wildman–Crippen MR) is 49.9 cm³/mol. The van der Waals surface area contributed by atoms with Crippen molar-refractivity contribution in [2.24, 2.45) is 0 Å². The Kier molecular flexibility index (Phi) is 3.25. The molecule has 0 aliphatic heterocycles. The van der Waals surface area contributed by atoms with Gasteiger partial charge in [0.15, 0.2) is 0 Å². The van der Waals surface area contributed by atoms with Gasteiger partial charge in [-0.25, -0.2) is 0 Å². The summed E-state index contributed by atoms with van der Waals surface area (Å²) >= 11 is 3.26. The minimum atomic E-state index is -0.499. The Labute approximate surface area is 78.5 Å². The number of rotatable bonds is 2. The molecular formula is C8H8BrNO2. The molecule has 1 aromatic rings. The summed E-state index contributed by atoms with van der Waals surface area (Å²) in [6, 6.07) is 7.21. The van der Waals surface area contributed by atoms with Gasteiger partial charge < -0.3 is 10.4 Å². The third kappa shape index (κ3) is 2.32. The quantitative estimate of drug-likeness (QED) is 0.806. The lowest BCUT2D eigenvalue weighted by atomic mass is 10.3. The maximum atomic E-state index is 10.8. The summed E-state index contributed by atoms with van der Waals surface area (Å²) in [4.78, 5) is 10.8. The van der Waals surface area contributed by atoms with Crippen molar-refractivity contribution in [3.8, 4) is 0 Å². The van der Waals surface area contributed by atoms with Crippen LogP contribution in [0.3, 0.4) is 0 Å². The SMILES string of the molecule is O=C(CO)Nc1ccccc1Br. The van der Waals surface area contributed by atoms with Gasteiger partial charge in [0.2, 0.25) is 5.91 Å². The lowest BCUT2D eigenvalue weighted by molar-refractivity contribution is -0.118. The van der Waals surface area contributed by atoms with Gasteiger partial charge in [-0.3, -0.25) is 4.79 Å². The Hall–Kier alpha value is -0.870. The molecular weight excluding hydrogens is 222 g/mol. The Morgan fingerprint density at radius 2 is 2.17 bits per heavy atom.